The van der Waals surface area contributed by atoms with Gasteiger partial charge in [0.2, 0.25) is 0 Å². The van der Waals surface area contributed by atoms with Gasteiger partial charge in [0.05, 0.1) is 5.56 Å². The summed E-state index contributed by atoms with van der Waals surface area (Å²) in [5.74, 6) is -1.48. The summed E-state index contributed by atoms with van der Waals surface area (Å²) in [5, 5.41) is 6.31. The van der Waals surface area contributed by atoms with Crippen LogP contribution in [0.25, 0.3) is 0 Å². The Labute approximate surface area is 138 Å². The minimum absolute atomic E-state index is 0.243. The Morgan fingerprint density at radius 2 is 2.08 bits per heavy atom. The van der Waals surface area contributed by atoms with Crippen LogP contribution < -0.4 is 11.1 Å². The number of alkyl halides is 3. The Morgan fingerprint density at radius 1 is 1.38 bits per heavy atom. The average molecular weight is 358 g/mol. The summed E-state index contributed by atoms with van der Waals surface area (Å²) in [5.41, 5.74) is 5.03. The van der Waals surface area contributed by atoms with E-state index in [1.807, 2.05) is 0 Å². The minimum Gasteiger partial charge on any atom is -0.365 e. The van der Waals surface area contributed by atoms with E-state index in [-0.39, 0.29) is 16.3 Å². The van der Waals surface area contributed by atoms with Gasteiger partial charge in [-0.1, -0.05) is 0 Å². The zero-order chi connectivity index (χ0) is 17.6. The number of nitrogens with one attached hydrogen (secondary N) is 1. The molecule has 24 heavy (non-hydrogen) atoms. The first-order valence-corrected chi connectivity index (χ1v) is 7.87. The van der Waals surface area contributed by atoms with Crippen molar-refractivity contribution in [2.24, 2.45) is 12.8 Å². The second-order valence-electron chi connectivity index (χ2n) is 5.42. The molecule has 0 bridgehead atoms. The molecule has 10 heteroatoms. The van der Waals surface area contributed by atoms with Crippen LogP contribution >= 0.6 is 11.3 Å². The van der Waals surface area contributed by atoms with Gasteiger partial charge >= 0.3 is 6.18 Å². The summed E-state index contributed by atoms with van der Waals surface area (Å²) in [6.45, 7) is 0. The number of nitrogens with two attached hydrogens (primary N) is 1. The molecule has 128 valence electrons. The number of nitrogens with zero attached hydrogens (tertiary/aromatic N) is 2. The van der Waals surface area contributed by atoms with E-state index in [1.165, 1.54) is 11.3 Å². The van der Waals surface area contributed by atoms with E-state index in [0.29, 0.717) is 17.2 Å². The lowest BCUT2D eigenvalue weighted by Crippen LogP contribution is -2.18. The van der Waals surface area contributed by atoms with Crippen molar-refractivity contribution in [3.05, 3.63) is 33.5 Å². The van der Waals surface area contributed by atoms with Gasteiger partial charge < -0.3 is 11.1 Å². The molecule has 1 aliphatic rings. The Kier molecular flexibility index (Phi) is 3.86. The molecule has 1 aliphatic carbocycles. The van der Waals surface area contributed by atoms with Crippen LogP contribution in [0.4, 0.5) is 18.2 Å². The number of hydrogen-bond donors (Lipinski definition) is 2. The number of carbonyl (C=O) groups is 2. The number of hydrogen-bond acceptors (Lipinski definition) is 4. The van der Waals surface area contributed by atoms with Crippen molar-refractivity contribution in [1.29, 1.82) is 0 Å². The van der Waals surface area contributed by atoms with Crippen molar-refractivity contribution in [3.8, 4) is 0 Å². The summed E-state index contributed by atoms with van der Waals surface area (Å²) in [6.07, 6.45) is -2.21. The highest BCUT2D eigenvalue weighted by atomic mass is 32.1. The zero-order valence-electron chi connectivity index (χ0n) is 12.5. The summed E-state index contributed by atoms with van der Waals surface area (Å²) < 4.78 is 38.9. The maximum absolute atomic E-state index is 12.8. The molecule has 0 spiro atoms. The first-order chi connectivity index (χ1) is 11.2. The lowest BCUT2D eigenvalue weighted by atomic mass is 10.1. The molecule has 2 heterocycles. The fourth-order valence-corrected chi connectivity index (χ4v) is 4.05. The largest absolute Gasteiger partial charge is 0.433 e. The fraction of sp³-hybridized carbons (Fsp3) is 0.357. The molecule has 0 saturated heterocycles. The monoisotopic (exact) mass is 358 g/mol. The third-order valence-corrected chi connectivity index (χ3v) is 5.00. The Bertz CT molecular complexity index is 838. The number of aryl methyl sites for hydroxylation is 2. The van der Waals surface area contributed by atoms with Crippen molar-refractivity contribution in [2.75, 3.05) is 5.32 Å². The van der Waals surface area contributed by atoms with Crippen LogP contribution in [-0.4, -0.2) is 21.6 Å². The summed E-state index contributed by atoms with van der Waals surface area (Å²) in [6, 6.07) is 0.667. The predicted molar refractivity (Wildman–Crippen MR) is 81.0 cm³/mol. The number of thiophene rings is 1. The molecule has 0 atom stereocenters. The van der Waals surface area contributed by atoms with Gasteiger partial charge in [0.25, 0.3) is 11.8 Å². The zero-order valence-corrected chi connectivity index (χ0v) is 13.3. The number of fused-ring (bicyclic) bond motifs is 1. The number of anilines is 1. The quantitative estimate of drug-likeness (QED) is 0.882. The van der Waals surface area contributed by atoms with Crippen LogP contribution in [0.1, 0.15) is 43.4 Å². The van der Waals surface area contributed by atoms with Gasteiger partial charge in [-0.2, -0.15) is 18.3 Å². The van der Waals surface area contributed by atoms with Gasteiger partial charge in [0, 0.05) is 18.0 Å². The molecule has 0 saturated carbocycles. The topological polar surface area (TPSA) is 90.0 Å². The van der Waals surface area contributed by atoms with Gasteiger partial charge in [0.15, 0.2) is 5.69 Å². The number of primary amides is 1. The Hall–Kier alpha value is -2.36. The van der Waals surface area contributed by atoms with Crippen molar-refractivity contribution in [1.82, 2.24) is 9.78 Å². The first kappa shape index (κ1) is 16.5. The van der Waals surface area contributed by atoms with Gasteiger partial charge in [-0.25, -0.2) is 0 Å². The third-order valence-electron chi connectivity index (χ3n) is 3.80. The van der Waals surface area contributed by atoms with Gasteiger partial charge in [0.1, 0.15) is 10.7 Å². The Morgan fingerprint density at radius 3 is 2.67 bits per heavy atom. The maximum atomic E-state index is 12.8. The number of amides is 2. The number of aromatic nitrogens is 2. The molecule has 0 aliphatic heterocycles. The highest BCUT2D eigenvalue weighted by molar-refractivity contribution is 7.17. The predicted octanol–water partition coefficient (Wildman–Crippen LogP) is 2.34. The molecule has 6 nitrogen and oxygen atoms in total. The number of halogens is 3. The number of rotatable bonds is 3. The molecule has 2 aromatic rings. The third kappa shape index (κ3) is 2.77. The maximum Gasteiger partial charge on any atom is 0.433 e. The van der Waals surface area contributed by atoms with E-state index in [9.17, 15) is 22.8 Å². The highest BCUT2D eigenvalue weighted by Crippen LogP contribution is 2.39. The average Bonchev–Trinajstić information content (AvgIpc) is 3.10. The smallest absolute Gasteiger partial charge is 0.365 e. The molecule has 0 fully saturated rings. The van der Waals surface area contributed by atoms with Crippen molar-refractivity contribution in [3.63, 3.8) is 0 Å². The molecule has 0 unspecified atom stereocenters. The Balaban J connectivity index is 1.90. The molecule has 2 aromatic heterocycles. The molecule has 2 amide bonds. The van der Waals surface area contributed by atoms with E-state index in [2.05, 4.69) is 10.4 Å². The summed E-state index contributed by atoms with van der Waals surface area (Å²) in [4.78, 5) is 24.8. The molecular formula is C14H13F3N4O2S. The lowest BCUT2D eigenvalue weighted by Gasteiger charge is -2.04. The number of carbonyl (C=O) groups excluding carboxylic acids is 2. The van der Waals surface area contributed by atoms with Gasteiger partial charge in [-0.3, -0.25) is 14.3 Å². The van der Waals surface area contributed by atoms with Gasteiger partial charge in [-0.05, 0) is 24.8 Å². The normalized spacial score (nSPS) is 13.8. The van der Waals surface area contributed by atoms with E-state index in [4.69, 9.17) is 5.73 Å². The minimum atomic E-state index is -4.61. The molecule has 3 N–H and O–H groups in total. The van der Waals surface area contributed by atoms with E-state index < -0.39 is 23.7 Å². The van der Waals surface area contributed by atoms with Crippen LogP contribution in [0.5, 0.6) is 0 Å². The van der Waals surface area contributed by atoms with Crippen molar-refractivity contribution < 1.29 is 22.8 Å². The van der Waals surface area contributed by atoms with E-state index in [1.54, 1.807) is 0 Å². The molecule has 0 aromatic carbocycles. The van der Waals surface area contributed by atoms with Crippen LogP contribution in [-0.2, 0) is 26.1 Å². The standard InChI is InChI=1S/C14H13F3N4O2S/c1-21-9(14(15,16)17)5-7(20-21)12(23)19-13-10(11(18)22)6-3-2-4-8(6)24-13/h5H,2-4H2,1H3,(H2,18,22)(H,19,23). The van der Waals surface area contributed by atoms with Crippen molar-refractivity contribution >= 4 is 28.2 Å². The second kappa shape index (κ2) is 5.62. The second-order valence-corrected chi connectivity index (χ2v) is 6.52. The first-order valence-electron chi connectivity index (χ1n) is 7.05. The molecular weight excluding hydrogens is 345 g/mol. The van der Waals surface area contributed by atoms with E-state index >= 15 is 0 Å². The van der Waals surface area contributed by atoms with Crippen LogP contribution in [0.3, 0.4) is 0 Å². The van der Waals surface area contributed by atoms with Crippen molar-refractivity contribution in [2.45, 2.75) is 25.4 Å². The summed E-state index contributed by atoms with van der Waals surface area (Å²) >= 11 is 1.23. The highest BCUT2D eigenvalue weighted by Gasteiger charge is 2.36. The van der Waals surface area contributed by atoms with Crippen LogP contribution in [0, 0.1) is 0 Å². The lowest BCUT2D eigenvalue weighted by molar-refractivity contribution is -0.143. The van der Waals surface area contributed by atoms with E-state index in [0.717, 1.165) is 30.3 Å². The SMILES string of the molecule is Cn1nc(C(=O)Nc2sc3c(c2C(N)=O)CCC3)cc1C(F)(F)F. The molecule has 0 radical (unpaired) electrons. The molecule has 3 rings (SSSR count). The fourth-order valence-electron chi connectivity index (χ4n) is 2.76. The summed E-state index contributed by atoms with van der Waals surface area (Å²) in [7, 11) is 1.11. The van der Waals surface area contributed by atoms with Gasteiger partial charge in [-0.15, -0.1) is 11.3 Å². The van der Waals surface area contributed by atoms with Crippen LogP contribution in [0.15, 0.2) is 6.07 Å². The van der Waals surface area contributed by atoms with Crippen LogP contribution in [0.2, 0.25) is 0 Å².